The van der Waals surface area contributed by atoms with Gasteiger partial charge in [-0.3, -0.25) is 9.59 Å². The maximum absolute atomic E-state index is 13.5. The minimum atomic E-state index is -4.94. The van der Waals surface area contributed by atoms with Gasteiger partial charge in [0.2, 0.25) is 0 Å². The number of hydrogen-bond donors (Lipinski definition) is 1. The molecule has 0 radical (unpaired) electrons. The van der Waals surface area contributed by atoms with Gasteiger partial charge in [0.1, 0.15) is 16.8 Å². The van der Waals surface area contributed by atoms with Gasteiger partial charge in [-0.2, -0.15) is 18.3 Å². The van der Waals surface area contributed by atoms with Crippen LogP contribution in [0.15, 0.2) is 33.7 Å². The van der Waals surface area contributed by atoms with Gasteiger partial charge in [0.25, 0.3) is 5.56 Å². The van der Waals surface area contributed by atoms with Crippen molar-refractivity contribution in [1.29, 1.82) is 0 Å². The lowest BCUT2D eigenvalue weighted by molar-refractivity contribution is -0.140. The highest BCUT2D eigenvalue weighted by Gasteiger charge is 2.43. The summed E-state index contributed by atoms with van der Waals surface area (Å²) in [5.74, 6) is -1.03. The van der Waals surface area contributed by atoms with Crippen LogP contribution in [0.5, 0.6) is 0 Å². The van der Waals surface area contributed by atoms with Gasteiger partial charge in [-0.15, -0.1) is 0 Å². The average molecular weight is 546 g/mol. The van der Waals surface area contributed by atoms with Gasteiger partial charge < -0.3 is 5.32 Å². The Hall–Kier alpha value is -2.23. The second-order valence-electron chi connectivity index (χ2n) is 9.81. The third kappa shape index (κ3) is 5.06. The minimum absolute atomic E-state index is 0.119. The molecule has 10 heteroatoms. The molecule has 1 heterocycles. The Balaban J connectivity index is 1.80. The molecule has 1 aliphatic rings. The summed E-state index contributed by atoms with van der Waals surface area (Å²) in [6.45, 7) is 10.6. The van der Waals surface area contributed by atoms with Crippen LogP contribution >= 0.6 is 15.9 Å². The number of nitrogens with zero attached hydrogens (tertiary/aromatic N) is 2. The van der Waals surface area contributed by atoms with Crippen LogP contribution in [0.4, 0.5) is 23.2 Å². The minimum Gasteiger partial charge on any atom is -0.380 e. The van der Waals surface area contributed by atoms with E-state index in [0.29, 0.717) is 35.6 Å². The van der Waals surface area contributed by atoms with Gasteiger partial charge >= 0.3 is 6.18 Å². The second-order valence-corrected chi connectivity index (χ2v) is 10.6. The third-order valence-corrected chi connectivity index (χ3v) is 8.45. The Morgan fingerprint density at radius 2 is 1.91 bits per heavy atom. The van der Waals surface area contributed by atoms with Gasteiger partial charge in [0.15, 0.2) is 5.78 Å². The van der Waals surface area contributed by atoms with Crippen molar-refractivity contribution >= 4 is 27.4 Å². The molecule has 1 aromatic carbocycles. The Morgan fingerprint density at radius 1 is 1.26 bits per heavy atom. The van der Waals surface area contributed by atoms with Gasteiger partial charge in [-0.1, -0.05) is 34.6 Å². The van der Waals surface area contributed by atoms with Gasteiger partial charge in [0.05, 0.1) is 17.4 Å². The third-order valence-electron chi connectivity index (χ3n) is 7.69. The zero-order valence-electron chi connectivity index (χ0n) is 19.6. The fourth-order valence-corrected chi connectivity index (χ4v) is 5.01. The largest absolute Gasteiger partial charge is 0.419 e. The number of carbonyl (C=O) groups is 1. The molecule has 3 rings (SSSR count). The number of rotatable bonds is 5. The number of benzene rings is 1. The SMILES string of the molecule is C[C@@H]1[C@@H](C)C(C)(C)[C@@H](C)C[C@H]1Nc1cnn(CC(=O)c2ccc(F)c(C(F)(F)F)c2)c(=O)c1Br. The average Bonchev–Trinajstić information content (AvgIpc) is 2.75. The van der Waals surface area contributed by atoms with E-state index < -0.39 is 35.4 Å². The molecule has 0 aliphatic heterocycles. The summed E-state index contributed by atoms with van der Waals surface area (Å²) < 4.78 is 53.4. The number of anilines is 1. The molecule has 0 amide bonds. The van der Waals surface area contributed by atoms with Crippen molar-refractivity contribution in [2.24, 2.45) is 23.2 Å². The Kier molecular flexibility index (Phi) is 7.32. The zero-order chi connectivity index (χ0) is 25.6. The van der Waals surface area contributed by atoms with Crippen LogP contribution in [0.1, 0.15) is 57.0 Å². The van der Waals surface area contributed by atoms with E-state index in [2.05, 4.69) is 61.0 Å². The number of aromatic nitrogens is 2. The predicted molar refractivity (Wildman–Crippen MR) is 125 cm³/mol. The first-order chi connectivity index (χ1) is 15.6. The van der Waals surface area contributed by atoms with Crippen molar-refractivity contribution in [3.63, 3.8) is 0 Å². The Labute approximate surface area is 204 Å². The Bertz CT molecular complexity index is 1150. The fraction of sp³-hybridized carbons (Fsp3) is 0.542. The molecule has 4 atom stereocenters. The number of alkyl halides is 3. The fourth-order valence-electron chi connectivity index (χ4n) is 4.59. The van der Waals surface area contributed by atoms with Crippen molar-refractivity contribution in [3.05, 3.63) is 56.2 Å². The first kappa shape index (κ1) is 26.4. The van der Waals surface area contributed by atoms with Gasteiger partial charge in [-0.05, 0) is 63.7 Å². The first-order valence-corrected chi connectivity index (χ1v) is 11.9. The van der Waals surface area contributed by atoms with Crippen LogP contribution in [-0.4, -0.2) is 21.6 Å². The molecule has 2 aromatic rings. The van der Waals surface area contributed by atoms with Crippen LogP contribution in [0.25, 0.3) is 0 Å². The summed E-state index contributed by atoms with van der Waals surface area (Å²) in [6, 6.07) is 2.11. The lowest BCUT2D eigenvalue weighted by atomic mass is 9.58. The first-order valence-electron chi connectivity index (χ1n) is 11.1. The zero-order valence-corrected chi connectivity index (χ0v) is 21.2. The normalized spacial score (nSPS) is 24.6. The molecule has 0 bridgehead atoms. The number of ketones is 1. The summed E-state index contributed by atoms with van der Waals surface area (Å²) in [5, 5.41) is 7.45. The van der Waals surface area contributed by atoms with Crippen molar-refractivity contribution in [2.75, 3.05) is 5.32 Å². The van der Waals surface area contributed by atoms with E-state index in [1.165, 1.54) is 6.20 Å². The highest BCUT2D eigenvalue weighted by Crippen LogP contribution is 2.48. The molecule has 0 spiro atoms. The molecule has 5 nitrogen and oxygen atoms in total. The van der Waals surface area contributed by atoms with Crippen LogP contribution < -0.4 is 10.9 Å². The number of nitrogens with one attached hydrogen (secondary N) is 1. The quantitative estimate of drug-likeness (QED) is 0.360. The second kappa shape index (κ2) is 9.43. The number of carbonyl (C=O) groups excluding carboxylic acids is 1. The summed E-state index contributed by atoms with van der Waals surface area (Å²) in [5.41, 5.74) is -1.81. The van der Waals surface area contributed by atoms with E-state index in [0.717, 1.165) is 17.2 Å². The molecule has 1 N–H and O–H groups in total. The van der Waals surface area contributed by atoms with Gasteiger partial charge in [-0.25, -0.2) is 9.07 Å². The molecule has 186 valence electrons. The summed E-state index contributed by atoms with van der Waals surface area (Å²) >= 11 is 3.28. The van der Waals surface area contributed by atoms with E-state index >= 15 is 0 Å². The monoisotopic (exact) mass is 545 g/mol. The molecule has 1 saturated carbocycles. The molecular weight excluding hydrogens is 518 g/mol. The predicted octanol–water partition coefficient (Wildman–Crippen LogP) is 6.17. The van der Waals surface area contributed by atoms with E-state index in [1.807, 2.05) is 0 Å². The summed E-state index contributed by atoms with van der Waals surface area (Å²) in [6.07, 6.45) is -2.60. The van der Waals surface area contributed by atoms with Crippen LogP contribution in [-0.2, 0) is 12.7 Å². The molecular formula is C24H28BrF4N3O2. The van der Waals surface area contributed by atoms with Gasteiger partial charge in [0, 0.05) is 11.6 Å². The number of halogens is 5. The summed E-state index contributed by atoms with van der Waals surface area (Å²) in [4.78, 5) is 25.3. The summed E-state index contributed by atoms with van der Waals surface area (Å²) in [7, 11) is 0. The highest BCUT2D eigenvalue weighted by molar-refractivity contribution is 9.10. The van der Waals surface area contributed by atoms with Crippen LogP contribution in [0.2, 0.25) is 0 Å². The highest BCUT2D eigenvalue weighted by atomic mass is 79.9. The number of Topliss-reactive ketones (excluding diaryl/α,β-unsaturated/α-hetero) is 1. The molecule has 34 heavy (non-hydrogen) atoms. The maximum atomic E-state index is 13.5. The van der Waals surface area contributed by atoms with Crippen molar-refractivity contribution in [1.82, 2.24) is 9.78 Å². The standard InChI is InChI=1S/C24H28BrF4N3O2/c1-12-8-18(13(2)14(3)23(12,4)5)31-19-10-30-32(22(34)21(19)25)11-20(33)15-6-7-17(26)16(9-15)24(27,28)29/h6-7,9-10,12-14,18,31H,8,11H2,1-5H3/t12-,13+,14+,18+/m0/s1. The lowest BCUT2D eigenvalue weighted by Gasteiger charge is -2.50. The Morgan fingerprint density at radius 3 is 2.53 bits per heavy atom. The molecule has 1 fully saturated rings. The van der Waals surface area contributed by atoms with E-state index in [1.54, 1.807) is 0 Å². The van der Waals surface area contributed by atoms with Crippen LogP contribution in [0, 0.1) is 29.0 Å². The van der Waals surface area contributed by atoms with E-state index in [9.17, 15) is 27.2 Å². The lowest BCUT2D eigenvalue weighted by Crippen LogP contribution is -2.48. The molecule has 1 aromatic heterocycles. The van der Waals surface area contributed by atoms with Crippen molar-refractivity contribution in [3.8, 4) is 0 Å². The van der Waals surface area contributed by atoms with Crippen LogP contribution in [0.3, 0.4) is 0 Å². The topological polar surface area (TPSA) is 64.0 Å². The van der Waals surface area contributed by atoms with E-state index in [-0.39, 0.29) is 21.5 Å². The molecule has 0 unspecified atom stereocenters. The molecule has 0 saturated heterocycles. The van der Waals surface area contributed by atoms with E-state index in [4.69, 9.17) is 0 Å². The smallest absolute Gasteiger partial charge is 0.380 e. The van der Waals surface area contributed by atoms with Crippen molar-refractivity contribution in [2.45, 2.75) is 59.8 Å². The molecule has 1 aliphatic carbocycles. The number of hydrogen-bond acceptors (Lipinski definition) is 4. The van der Waals surface area contributed by atoms with Crippen molar-refractivity contribution < 1.29 is 22.4 Å². The maximum Gasteiger partial charge on any atom is 0.419 e.